The standard InChI is InChI=1S/C16H29N5O5/c1-5-18-13(24)7-20-16(8-19-12(23)6-17-11-22)9-21(10-16)14(25)26-15(2,3)4/h11,20H,5-10H2,1-4H3,(H,17,22)(H,18,24)(H,19,23). The zero-order valence-electron chi connectivity index (χ0n) is 15.8. The molecule has 0 saturated carbocycles. The molecule has 1 aliphatic rings. The maximum atomic E-state index is 12.1. The molecule has 148 valence electrons. The average Bonchev–Trinajstić information content (AvgIpc) is 2.49. The smallest absolute Gasteiger partial charge is 0.410 e. The summed E-state index contributed by atoms with van der Waals surface area (Å²) < 4.78 is 5.32. The van der Waals surface area contributed by atoms with Crippen molar-refractivity contribution in [3.63, 3.8) is 0 Å². The van der Waals surface area contributed by atoms with Gasteiger partial charge in [0.15, 0.2) is 0 Å². The Morgan fingerprint density at radius 3 is 2.27 bits per heavy atom. The number of hydrogen-bond donors (Lipinski definition) is 4. The van der Waals surface area contributed by atoms with Crippen LogP contribution in [0, 0.1) is 0 Å². The quantitative estimate of drug-likeness (QED) is 0.368. The van der Waals surface area contributed by atoms with Crippen LogP contribution >= 0.6 is 0 Å². The molecule has 1 rings (SSSR count). The highest BCUT2D eigenvalue weighted by Crippen LogP contribution is 2.23. The second-order valence-corrected chi connectivity index (χ2v) is 7.20. The van der Waals surface area contributed by atoms with Gasteiger partial charge in [-0.05, 0) is 27.7 Å². The Balaban J connectivity index is 2.61. The number of likely N-dealkylation sites (tertiary alicyclic amines) is 1. The highest BCUT2D eigenvalue weighted by molar-refractivity contribution is 5.80. The van der Waals surface area contributed by atoms with Crippen LogP contribution < -0.4 is 21.3 Å². The molecule has 1 saturated heterocycles. The Hall–Kier alpha value is -2.36. The predicted molar refractivity (Wildman–Crippen MR) is 94.3 cm³/mol. The molecule has 1 aliphatic heterocycles. The fourth-order valence-electron chi connectivity index (χ4n) is 2.42. The van der Waals surface area contributed by atoms with Crippen LogP contribution in [0.4, 0.5) is 4.79 Å². The third kappa shape index (κ3) is 7.26. The van der Waals surface area contributed by atoms with E-state index in [9.17, 15) is 19.2 Å². The SMILES string of the molecule is CCNC(=O)CNC1(CNC(=O)CNC=O)CN(C(=O)OC(C)(C)C)C1. The van der Waals surface area contributed by atoms with Crippen molar-refractivity contribution in [1.29, 1.82) is 0 Å². The first kappa shape index (κ1) is 21.7. The molecule has 0 aromatic heterocycles. The third-order valence-electron chi connectivity index (χ3n) is 3.61. The number of likely N-dealkylation sites (N-methyl/N-ethyl adjacent to an activating group) is 1. The fourth-order valence-corrected chi connectivity index (χ4v) is 2.42. The van der Waals surface area contributed by atoms with Gasteiger partial charge in [0.1, 0.15) is 5.60 Å². The summed E-state index contributed by atoms with van der Waals surface area (Å²) in [5, 5.41) is 10.8. The van der Waals surface area contributed by atoms with Gasteiger partial charge in [0, 0.05) is 26.2 Å². The fraction of sp³-hybridized carbons (Fsp3) is 0.750. The molecule has 4 amide bonds. The van der Waals surface area contributed by atoms with E-state index in [0.717, 1.165) is 0 Å². The van der Waals surface area contributed by atoms with E-state index in [4.69, 9.17) is 4.74 Å². The summed E-state index contributed by atoms with van der Waals surface area (Å²) in [7, 11) is 0. The maximum Gasteiger partial charge on any atom is 0.410 e. The summed E-state index contributed by atoms with van der Waals surface area (Å²) in [5.41, 5.74) is -1.22. The van der Waals surface area contributed by atoms with E-state index >= 15 is 0 Å². The molecule has 0 atom stereocenters. The molecular formula is C16H29N5O5. The van der Waals surface area contributed by atoms with Gasteiger partial charge in [-0.25, -0.2) is 4.79 Å². The van der Waals surface area contributed by atoms with Gasteiger partial charge in [0.2, 0.25) is 18.2 Å². The Morgan fingerprint density at radius 1 is 1.12 bits per heavy atom. The van der Waals surface area contributed by atoms with Crippen molar-refractivity contribution in [3.05, 3.63) is 0 Å². The van der Waals surface area contributed by atoms with E-state index in [2.05, 4.69) is 21.3 Å². The van der Waals surface area contributed by atoms with Gasteiger partial charge in [0.25, 0.3) is 0 Å². The van der Waals surface area contributed by atoms with E-state index in [1.54, 1.807) is 20.8 Å². The first-order valence-electron chi connectivity index (χ1n) is 8.54. The minimum Gasteiger partial charge on any atom is -0.444 e. The van der Waals surface area contributed by atoms with Crippen LogP contribution in [-0.4, -0.2) is 79.6 Å². The molecule has 0 unspecified atom stereocenters. The van der Waals surface area contributed by atoms with Crippen LogP contribution in [0.25, 0.3) is 0 Å². The summed E-state index contributed by atoms with van der Waals surface area (Å²) in [6, 6.07) is 0. The Morgan fingerprint density at radius 2 is 1.73 bits per heavy atom. The van der Waals surface area contributed by atoms with Crippen molar-refractivity contribution in [3.8, 4) is 0 Å². The summed E-state index contributed by atoms with van der Waals surface area (Å²) >= 11 is 0. The van der Waals surface area contributed by atoms with E-state index in [1.807, 2.05) is 6.92 Å². The number of carbonyl (C=O) groups excluding carboxylic acids is 4. The molecule has 0 aromatic carbocycles. The number of nitrogens with zero attached hydrogens (tertiary/aromatic N) is 1. The molecule has 0 bridgehead atoms. The van der Waals surface area contributed by atoms with Crippen molar-refractivity contribution >= 4 is 24.3 Å². The van der Waals surface area contributed by atoms with Gasteiger partial charge in [0.05, 0.1) is 18.6 Å². The van der Waals surface area contributed by atoms with E-state index < -0.39 is 17.2 Å². The van der Waals surface area contributed by atoms with E-state index in [1.165, 1.54) is 4.90 Å². The van der Waals surface area contributed by atoms with Crippen molar-refractivity contribution in [2.45, 2.75) is 38.8 Å². The normalized spacial score (nSPS) is 15.5. The number of hydrogen-bond acceptors (Lipinski definition) is 6. The van der Waals surface area contributed by atoms with Crippen molar-refractivity contribution in [1.82, 2.24) is 26.2 Å². The lowest BCUT2D eigenvalue weighted by molar-refractivity contribution is -0.123. The Bertz CT molecular complexity index is 526. The lowest BCUT2D eigenvalue weighted by atomic mass is 9.89. The molecule has 0 aromatic rings. The minimum absolute atomic E-state index is 0.0679. The summed E-state index contributed by atoms with van der Waals surface area (Å²) in [6.07, 6.45) is -0.00196. The first-order chi connectivity index (χ1) is 12.1. The summed E-state index contributed by atoms with van der Waals surface area (Å²) in [4.78, 5) is 47.2. The molecule has 0 radical (unpaired) electrons. The van der Waals surface area contributed by atoms with Gasteiger partial charge in [-0.2, -0.15) is 0 Å². The molecule has 26 heavy (non-hydrogen) atoms. The summed E-state index contributed by atoms with van der Waals surface area (Å²) in [5.74, 6) is -0.524. The minimum atomic E-state index is -0.626. The molecule has 1 heterocycles. The molecular weight excluding hydrogens is 342 g/mol. The molecule has 1 fully saturated rings. The van der Waals surface area contributed by atoms with E-state index in [0.29, 0.717) is 26.0 Å². The van der Waals surface area contributed by atoms with Gasteiger partial charge in [-0.15, -0.1) is 0 Å². The topological polar surface area (TPSA) is 129 Å². The molecule has 10 heteroatoms. The van der Waals surface area contributed by atoms with Gasteiger partial charge in [-0.1, -0.05) is 0 Å². The summed E-state index contributed by atoms with van der Waals surface area (Å²) in [6.45, 7) is 8.43. The second kappa shape index (κ2) is 9.37. The molecule has 0 spiro atoms. The van der Waals surface area contributed by atoms with Crippen molar-refractivity contribution in [2.75, 3.05) is 39.3 Å². The zero-order valence-corrected chi connectivity index (χ0v) is 15.8. The Labute approximate surface area is 153 Å². The highest BCUT2D eigenvalue weighted by atomic mass is 16.6. The van der Waals surface area contributed by atoms with Crippen LogP contribution in [0.5, 0.6) is 0 Å². The monoisotopic (exact) mass is 371 g/mol. The maximum absolute atomic E-state index is 12.1. The van der Waals surface area contributed by atoms with Crippen molar-refractivity contribution in [2.24, 2.45) is 0 Å². The van der Waals surface area contributed by atoms with Gasteiger partial charge < -0.3 is 25.6 Å². The van der Waals surface area contributed by atoms with Crippen LogP contribution in [0.1, 0.15) is 27.7 Å². The average molecular weight is 371 g/mol. The second-order valence-electron chi connectivity index (χ2n) is 7.20. The molecule has 10 nitrogen and oxygen atoms in total. The number of ether oxygens (including phenoxy) is 1. The van der Waals surface area contributed by atoms with Crippen LogP contribution in [0.3, 0.4) is 0 Å². The lowest BCUT2D eigenvalue weighted by Crippen LogP contribution is -2.75. The van der Waals surface area contributed by atoms with Crippen molar-refractivity contribution < 1.29 is 23.9 Å². The zero-order chi connectivity index (χ0) is 19.8. The highest BCUT2D eigenvalue weighted by Gasteiger charge is 2.46. The van der Waals surface area contributed by atoms with Gasteiger partial charge in [-0.3, -0.25) is 19.7 Å². The van der Waals surface area contributed by atoms with Crippen LogP contribution in [0.2, 0.25) is 0 Å². The molecule has 0 aliphatic carbocycles. The number of amides is 4. The first-order valence-corrected chi connectivity index (χ1v) is 8.54. The van der Waals surface area contributed by atoms with E-state index in [-0.39, 0.29) is 31.4 Å². The molecule has 4 N–H and O–H groups in total. The number of nitrogens with one attached hydrogen (secondary N) is 4. The van der Waals surface area contributed by atoms with Crippen LogP contribution in [0.15, 0.2) is 0 Å². The Kier molecular flexibility index (Phi) is 7.81. The van der Waals surface area contributed by atoms with Gasteiger partial charge >= 0.3 is 6.09 Å². The van der Waals surface area contributed by atoms with Crippen LogP contribution in [-0.2, 0) is 19.1 Å². The number of rotatable bonds is 9. The lowest BCUT2D eigenvalue weighted by Gasteiger charge is -2.50. The largest absolute Gasteiger partial charge is 0.444 e. The number of carbonyl (C=O) groups is 4. The third-order valence-corrected chi connectivity index (χ3v) is 3.61. The predicted octanol–water partition coefficient (Wildman–Crippen LogP) is -1.44.